The molecule has 51 heavy (non-hydrogen) atoms. The lowest BCUT2D eigenvalue weighted by atomic mass is 10.00. The van der Waals surface area contributed by atoms with Gasteiger partial charge in [-0.2, -0.15) is 0 Å². The lowest BCUT2D eigenvalue weighted by Gasteiger charge is -2.24. The van der Waals surface area contributed by atoms with Crippen LogP contribution in [0.15, 0.2) is 192 Å². The zero-order chi connectivity index (χ0) is 33.7. The van der Waals surface area contributed by atoms with E-state index < -0.39 is 0 Å². The molecule has 0 amide bonds. The molecule has 0 aliphatic carbocycles. The molecular weight excluding hydrogens is 621 g/mol. The van der Waals surface area contributed by atoms with Crippen LogP contribution in [0.3, 0.4) is 0 Å². The molecule has 0 radical (unpaired) electrons. The Morgan fingerprint density at radius 2 is 1.00 bits per heavy atom. The molecule has 2 heterocycles. The van der Waals surface area contributed by atoms with Crippen molar-refractivity contribution in [3.05, 3.63) is 199 Å². The third-order valence-electron chi connectivity index (χ3n) is 10.0. The first kappa shape index (κ1) is 29.2. The minimum absolute atomic E-state index is 0.280. The number of aliphatic imine (C=N–C) groups is 2. The van der Waals surface area contributed by atoms with Gasteiger partial charge in [0.1, 0.15) is 12.0 Å². The number of nitrogens with zero attached hydrogens (tertiary/aromatic N) is 3. The summed E-state index contributed by atoms with van der Waals surface area (Å²) in [5.41, 5.74) is 8.84. The summed E-state index contributed by atoms with van der Waals surface area (Å²) in [6, 6.07) is 64.5. The topological polar surface area (TPSA) is 41.7 Å². The summed E-state index contributed by atoms with van der Waals surface area (Å²) in [5.74, 6) is 1.50. The van der Waals surface area contributed by atoms with E-state index in [1.165, 1.54) is 54.5 Å². The van der Waals surface area contributed by atoms with Crippen LogP contribution in [-0.2, 0) is 0 Å². The van der Waals surface area contributed by atoms with Crippen LogP contribution in [0.2, 0.25) is 0 Å². The maximum Gasteiger partial charge on any atom is 0.159 e. The normalized spacial score (nSPS) is 14.5. The van der Waals surface area contributed by atoms with Crippen molar-refractivity contribution >= 4 is 55.0 Å². The average molecular weight is 653 g/mol. The zero-order valence-corrected chi connectivity index (χ0v) is 27.7. The van der Waals surface area contributed by atoms with Crippen molar-refractivity contribution in [3.63, 3.8) is 0 Å². The van der Waals surface area contributed by atoms with Crippen molar-refractivity contribution in [3.8, 4) is 16.8 Å². The summed E-state index contributed by atoms with van der Waals surface area (Å²) in [7, 11) is 0. The summed E-state index contributed by atoms with van der Waals surface area (Å²) in [4.78, 5) is 10.4. The fraction of sp³-hybridized carbons (Fsp3) is 0.0213. The summed E-state index contributed by atoms with van der Waals surface area (Å²) < 4.78 is 2.40. The lowest BCUT2D eigenvalue weighted by Crippen LogP contribution is -2.33. The van der Waals surface area contributed by atoms with Crippen LogP contribution >= 0.6 is 0 Å². The Labute approximate surface area is 295 Å². The maximum absolute atomic E-state index is 5.20. The zero-order valence-electron chi connectivity index (χ0n) is 27.7. The second-order valence-electron chi connectivity index (χ2n) is 13.1. The lowest BCUT2D eigenvalue weighted by molar-refractivity contribution is 0.674. The molecule has 4 heteroatoms. The standard InChI is InChI=1S/C47H32N4/c1-3-12-31(13-4-1)32-22-24-36(25-23-32)46-48-45(35-16-5-2-6-17-35)49-47(50-46)37-18-11-19-38(30-37)51-41-28-26-33-14-7-9-20-39(33)43(41)44-40-21-10-8-15-34(40)27-29-42(44)51/h1-30,45H,(H,48,49,50). The first-order valence-corrected chi connectivity index (χ1v) is 17.4. The van der Waals surface area contributed by atoms with Gasteiger partial charge >= 0.3 is 0 Å². The Bertz CT molecular complexity index is 2720. The molecule has 240 valence electrons. The van der Waals surface area contributed by atoms with Crippen LogP contribution in [-0.4, -0.2) is 16.2 Å². The molecule has 1 atom stereocenters. The average Bonchev–Trinajstić information content (AvgIpc) is 3.57. The van der Waals surface area contributed by atoms with Crippen molar-refractivity contribution in [2.45, 2.75) is 6.17 Å². The summed E-state index contributed by atoms with van der Waals surface area (Å²) >= 11 is 0. The molecule has 0 saturated carbocycles. The van der Waals surface area contributed by atoms with Gasteiger partial charge in [0.2, 0.25) is 0 Å². The van der Waals surface area contributed by atoms with E-state index in [1.807, 2.05) is 12.1 Å². The Morgan fingerprint density at radius 1 is 0.451 bits per heavy atom. The van der Waals surface area contributed by atoms with Crippen LogP contribution in [0.4, 0.5) is 0 Å². The molecule has 1 aliphatic heterocycles. The molecule has 8 aromatic carbocycles. The van der Waals surface area contributed by atoms with Gasteiger partial charge < -0.3 is 9.88 Å². The van der Waals surface area contributed by atoms with Crippen LogP contribution in [0.25, 0.3) is 60.2 Å². The van der Waals surface area contributed by atoms with Gasteiger partial charge in [-0.3, -0.25) is 0 Å². The fourth-order valence-corrected chi connectivity index (χ4v) is 7.59. The quantitative estimate of drug-likeness (QED) is 0.197. The number of benzene rings is 8. The van der Waals surface area contributed by atoms with Gasteiger partial charge in [0, 0.05) is 27.6 Å². The van der Waals surface area contributed by atoms with Gasteiger partial charge in [-0.25, -0.2) is 9.98 Å². The third kappa shape index (κ3) is 5.00. The number of hydrogen-bond donors (Lipinski definition) is 1. The highest BCUT2D eigenvalue weighted by Crippen LogP contribution is 2.40. The third-order valence-corrected chi connectivity index (χ3v) is 10.0. The minimum Gasteiger partial charge on any atom is -0.344 e. The number of amidine groups is 2. The van der Waals surface area contributed by atoms with Crippen molar-refractivity contribution in [1.29, 1.82) is 0 Å². The van der Waals surface area contributed by atoms with E-state index in [2.05, 4.69) is 180 Å². The molecule has 1 N–H and O–H groups in total. The van der Waals surface area contributed by atoms with Gasteiger partial charge in [-0.1, -0.05) is 158 Å². The van der Waals surface area contributed by atoms with Crippen LogP contribution in [0, 0.1) is 0 Å². The van der Waals surface area contributed by atoms with E-state index in [4.69, 9.17) is 9.98 Å². The summed E-state index contributed by atoms with van der Waals surface area (Å²) in [5, 5.41) is 11.2. The van der Waals surface area contributed by atoms with E-state index >= 15 is 0 Å². The molecule has 1 aliphatic rings. The molecule has 0 spiro atoms. The Kier molecular flexibility index (Phi) is 6.85. The fourth-order valence-electron chi connectivity index (χ4n) is 7.59. The Balaban J connectivity index is 1.14. The molecule has 9 aromatic rings. The van der Waals surface area contributed by atoms with E-state index in [9.17, 15) is 0 Å². The highest BCUT2D eigenvalue weighted by Gasteiger charge is 2.22. The minimum atomic E-state index is -0.280. The van der Waals surface area contributed by atoms with Crippen molar-refractivity contribution in [1.82, 2.24) is 9.88 Å². The van der Waals surface area contributed by atoms with Gasteiger partial charge in [0.05, 0.1) is 11.0 Å². The largest absolute Gasteiger partial charge is 0.344 e. The number of hydrogen-bond acceptors (Lipinski definition) is 3. The maximum atomic E-state index is 5.20. The van der Waals surface area contributed by atoms with Crippen LogP contribution in [0.5, 0.6) is 0 Å². The second-order valence-corrected chi connectivity index (χ2v) is 13.1. The van der Waals surface area contributed by atoms with Crippen molar-refractivity contribution in [2.75, 3.05) is 0 Å². The van der Waals surface area contributed by atoms with E-state index in [-0.39, 0.29) is 6.17 Å². The van der Waals surface area contributed by atoms with Crippen LogP contribution < -0.4 is 5.32 Å². The monoisotopic (exact) mass is 652 g/mol. The van der Waals surface area contributed by atoms with E-state index in [0.29, 0.717) is 5.84 Å². The molecule has 10 rings (SSSR count). The molecule has 4 nitrogen and oxygen atoms in total. The predicted octanol–water partition coefficient (Wildman–Crippen LogP) is 11.3. The summed E-state index contributed by atoms with van der Waals surface area (Å²) in [6.07, 6.45) is -0.280. The van der Waals surface area contributed by atoms with Crippen LogP contribution in [0.1, 0.15) is 22.9 Å². The summed E-state index contributed by atoms with van der Waals surface area (Å²) in [6.45, 7) is 0. The Hall–Kier alpha value is -6.78. The molecule has 1 aromatic heterocycles. The predicted molar refractivity (Wildman–Crippen MR) is 213 cm³/mol. The smallest absolute Gasteiger partial charge is 0.159 e. The molecule has 1 unspecified atom stereocenters. The number of aromatic nitrogens is 1. The Morgan fingerprint density at radius 3 is 1.67 bits per heavy atom. The highest BCUT2D eigenvalue weighted by atomic mass is 15.2. The van der Waals surface area contributed by atoms with Gasteiger partial charge in [-0.05, 0) is 62.5 Å². The number of nitrogens with one attached hydrogen (secondary N) is 1. The molecular formula is C47H32N4. The highest BCUT2D eigenvalue weighted by molar-refractivity contribution is 6.28. The van der Waals surface area contributed by atoms with Gasteiger partial charge in [-0.15, -0.1) is 0 Å². The molecule has 0 fully saturated rings. The van der Waals surface area contributed by atoms with Gasteiger partial charge in [0.15, 0.2) is 5.84 Å². The first-order chi connectivity index (χ1) is 25.3. The number of rotatable bonds is 5. The molecule has 0 bridgehead atoms. The van der Waals surface area contributed by atoms with Crippen molar-refractivity contribution < 1.29 is 0 Å². The van der Waals surface area contributed by atoms with E-state index in [0.717, 1.165) is 28.2 Å². The van der Waals surface area contributed by atoms with Crippen molar-refractivity contribution in [2.24, 2.45) is 9.98 Å². The van der Waals surface area contributed by atoms with Gasteiger partial charge in [0.25, 0.3) is 0 Å². The second kappa shape index (κ2) is 12.0. The first-order valence-electron chi connectivity index (χ1n) is 17.4. The van der Waals surface area contributed by atoms with E-state index in [1.54, 1.807) is 0 Å². The SMILES string of the molecule is c1ccc(-c2ccc(C3=NC(c4cccc(-n5c6ccc7ccccc7c6c6c7ccccc7ccc65)c4)=NC(c4ccccc4)N3)cc2)cc1. The number of fused-ring (bicyclic) bond motifs is 7. The molecule has 0 saturated heterocycles.